The van der Waals surface area contributed by atoms with Gasteiger partial charge in [0.25, 0.3) is 0 Å². The van der Waals surface area contributed by atoms with E-state index >= 15 is 0 Å². The lowest BCUT2D eigenvalue weighted by atomic mass is 9.95. The van der Waals surface area contributed by atoms with Crippen LogP contribution in [0.4, 0.5) is 0 Å². The predicted molar refractivity (Wildman–Crippen MR) is 95.2 cm³/mol. The topological polar surface area (TPSA) is 63.8 Å². The molecular weight excluding hydrogens is 320 g/mol. The average molecular weight is 340 g/mol. The summed E-state index contributed by atoms with van der Waals surface area (Å²) in [7, 11) is 1.94. The van der Waals surface area contributed by atoms with Gasteiger partial charge in [0, 0.05) is 36.6 Å². The van der Waals surface area contributed by atoms with Crippen LogP contribution in [0.1, 0.15) is 26.6 Å². The van der Waals surface area contributed by atoms with E-state index in [2.05, 4.69) is 30.7 Å². The zero-order valence-electron chi connectivity index (χ0n) is 14.2. The highest BCUT2D eigenvalue weighted by Gasteiger charge is 2.21. The van der Waals surface area contributed by atoms with Gasteiger partial charge in [0.15, 0.2) is 5.16 Å². The summed E-state index contributed by atoms with van der Waals surface area (Å²) in [6.07, 6.45) is 5.47. The van der Waals surface area contributed by atoms with Gasteiger partial charge in [0.05, 0.1) is 10.6 Å². The first-order valence-corrected chi connectivity index (χ1v) is 8.49. The quantitative estimate of drug-likeness (QED) is 0.780. The second-order valence-electron chi connectivity index (χ2n) is 6.60. The summed E-state index contributed by atoms with van der Waals surface area (Å²) in [5.41, 5.74) is 1.24. The number of hydrogen-bond acceptors (Lipinski definition) is 5. The summed E-state index contributed by atoms with van der Waals surface area (Å²) in [6, 6.07) is 7.23. The third-order valence-corrected chi connectivity index (χ3v) is 4.66. The van der Waals surface area contributed by atoms with Crippen LogP contribution in [0.3, 0.4) is 0 Å². The molecule has 6 heteroatoms. The third-order valence-electron chi connectivity index (χ3n) is 3.56. The first kappa shape index (κ1) is 16.5. The third kappa shape index (κ3) is 3.28. The van der Waals surface area contributed by atoms with Crippen LogP contribution < -0.4 is 0 Å². The minimum Gasteiger partial charge on any atom is -0.507 e. The van der Waals surface area contributed by atoms with Gasteiger partial charge in [-0.1, -0.05) is 32.9 Å². The van der Waals surface area contributed by atoms with E-state index in [-0.39, 0.29) is 11.2 Å². The smallest absolute Gasteiger partial charge is 0.172 e. The Morgan fingerprint density at radius 1 is 1.12 bits per heavy atom. The van der Waals surface area contributed by atoms with Gasteiger partial charge in [-0.05, 0) is 23.9 Å². The maximum Gasteiger partial charge on any atom is 0.172 e. The number of phenols is 1. The molecule has 0 aliphatic rings. The average Bonchev–Trinajstić information content (AvgIpc) is 2.92. The maximum atomic E-state index is 10.3. The number of aromatic nitrogens is 4. The minimum absolute atomic E-state index is 0.175. The van der Waals surface area contributed by atoms with E-state index in [4.69, 9.17) is 4.98 Å². The Hall–Kier alpha value is -2.34. The number of para-hydroxylation sites is 1. The monoisotopic (exact) mass is 340 g/mol. The van der Waals surface area contributed by atoms with Crippen molar-refractivity contribution in [2.75, 3.05) is 0 Å². The predicted octanol–water partition coefficient (Wildman–Crippen LogP) is 4.03. The van der Waals surface area contributed by atoms with Gasteiger partial charge in [0.1, 0.15) is 11.6 Å². The standard InChI is InChI=1S/C18H20N4OS/c1-18(2,3)16-20-11-14(24-17-19-9-10-22(17)4)15(21-16)12-7-5-6-8-13(12)23/h5-11,23H,1-4H3. The summed E-state index contributed by atoms with van der Waals surface area (Å²) in [5, 5.41) is 11.1. The number of imidazole rings is 1. The maximum absolute atomic E-state index is 10.3. The zero-order chi connectivity index (χ0) is 17.3. The summed E-state index contributed by atoms with van der Waals surface area (Å²) in [4.78, 5) is 14.5. The Morgan fingerprint density at radius 3 is 2.50 bits per heavy atom. The van der Waals surface area contributed by atoms with Crippen molar-refractivity contribution in [2.24, 2.45) is 7.05 Å². The van der Waals surface area contributed by atoms with E-state index < -0.39 is 0 Å². The molecule has 0 saturated carbocycles. The van der Waals surface area contributed by atoms with Gasteiger partial charge in [-0.15, -0.1) is 0 Å². The van der Waals surface area contributed by atoms with Crippen molar-refractivity contribution in [1.82, 2.24) is 19.5 Å². The van der Waals surface area contributed by atoms with E-state index in [1.165, 1.54) is 11.8 Å². The SMILES string of the molecule is Cn1ccnc1Sc1cnc(C(C)(C)C)nc1-c1ccccc1O. The Bertz CT molecular complexity index is 867. The van der Waals surface area contributed by atoms with Gasteiger partial charge in [-0.25, -0.2) is 15.0 Å². The number of nitrogens with zero attached hydrogens (tertiary/aromatic N) is 4. The van der Waals surface area contributed by atoms with Gasteiger partial charge in [0.2, 0.25) is 0 Å². The highest BCUT2D eigenvalue weighted by molar-refractivity contribution is 7.99. The molecule has 0 atom stereocenters. The van der Waals surface area contributed by atoms with Crippen molar-refractivity contribution in [1.29, 1.82) is 0 Å². The number of rotatable bonds is 3. The summed E-state index contributed by atoms with van der Waals surface area (Å²) < 4.78 is 1.94. The van der Waals surface area contributed by atoms with Crippen LogP contribution in [0.15, 0.2) is 52.9 Å². The van der Waals surface area contributed by atoms with E-state index in [0.29, 0.717) is 5.56 Å². The zero-order valence-corrected chi connectivity index (χ0v) is 15.0. The Kier molecular flexibility index (Phi) is 4.32. The Morgan fingerprint density at radius 2 is 1.88 bits per heavy atom. The molecule has 1 N–H and O–H groups in total. The molecule has 5 nitrogen and oxygen atoms in total. The fourth-order valence-corrected chi connectivity index (χ4v) is 3.10. The molecule has 0 radical (unpaired) electrons. The lowest BCUT2D eigenvalue weighted by molar-refractivity contribution is 0.476. The van der Waals surface area contributed by atoms with Gasteiger partial charge in [-0.3, -0.25) is 0 Å². The molecule has 24 heavy (non-hydrogen) atoms. The van der Waals surface area contributed by atoms with Gasteiger partial charge < -0.3 is 9.67 Å². The van der Waals surface area contributed by atoms with Crippen molar-refractivity contribution in [3.05, 3.63) is 48.7 Å². The van der Waals surface area contributed by atoms with E-state index in [1.54, 1.807) is 18.3 Å². The van der Waals surface area contributed by atoms with Crippen molar-refractivity contribution in [2.45, 2.75) is 36.2 Å². The largest absolute Gasteiger partial charge is 0.507 e. The van der Waals surface area contributed by atoms with Gasteiger partial charge in [-0.2, -0.15) is 0 Å². The van der Waals surface area contributed by atoms with E-state index in [0.717, 1.165) is 21.6 Å². The van der Waals surface area contributed by atoms with Crippen molar-refractivity contribution in [3.8, 4) is 17.0 Å². The molecule has 3 rings (SSSR count). The summed E-state index contributed by atoms with van der Waals surface area (Å²) in [6.45, 7) is 6.22. The molecule has 2 heterocycles. The van der Waals surface area contributed by atoms with Gasteiger partial charge >= 0.3 is 0 Å². The first-order chi connectivity index (χ1) is 11.4. The Labute approximate surface area is 145 Å². The molecule has 2 aromatic heterocycles. The normalized spacial score (nSPS) is 11.7. The van der Waals surface area contributed by atoms with Crippen LogP contribution in [0, 0.1) is 0 Å². The van der Waals surface area contributed by atoms with Crippen molar-refractivity contribution < 1.29 is 5.11 Å². The van der Waals surface area contributed by atoms with E-state index in [9.17, 15) is 5.11 Å². The summed E-state index contributed by atoms with van der Waals surface area (Å²) >= 11 is 1.49. The second kappa shape index (κ2) is 6.28. The molecular formula is C18H20N4OS. The lowest BCUT2D eigenvalue weighted by Crippen LogP contribution is -2.16. The molecule has 0 saturated heterocycles. The molecule has 0 aliphatic carbocycles. The molecule has 0 amide bonds. The van der Waals surface area contributed by atoms with Crippen LogP contribution in [0.5, 0.6) is 5.75 Å². The first-order valence-electron chi connectivity index (χ1n) is 7.67. The molecule has 0 aliphatic heterocycles. The highest BCUT2D eigenvalue weighted by Crippen LogP contribution is 2.38. The van der Waals surface area contributed by atoms with Crippen molar-refractivity contribution >= 4 is 11.8 Å². The van der Waals surface area contributed by atoms with Crippen LogP contribution in [-0.2, 0) is 12.5 Å². The molecule has 3 aromatic rings. The van der Waals surface area contributed by atoms with Crippen LogP contribution in [0.25, 0.3) is 11.3 Å². The van der Waals surface area contributed by atoms with Crippen LogP contribution in [0.2, 0.25) is 0 Å². The van der Waals surface area contributed by atoms with Crippen LogP contribution in [-0.4, -0.2) is 24.6 Å². The molecule has 0 spiro atoms. The number of hydrogen-bond donors (Lipinski definition) is 1. The molecule has 0 unspecified atom stereocenters. The Balaban J connectivity index is 2.15. The van der Waals surface area contributed by atoms with E-state index in [1.807, 2.05) is 36.1 Å². The highest BCUT2D eigenvalue weighted by atomic mass is 32.2. The number of aryl methyl sites for hydroxylation is 1. The molecule has 0 bridgehead atoms. The van der Waals surface area contributed by atoms with Crippen LogP contribution >= 0.6 is 11.8 Å². The second-order valence-corrected chi connectivity index (χ2v) is 7.61. The summed E-state index contributed by atoms with van der Waals surface area (Å²) in [5.74, 6) is 0.947. The number of phenolic OH excluding ortho intramolecular Hbond substituents is 1. The minimum atomic E-state index is -0.175. The number of benzene rings is 1. The molecule has 0 fully saturated rings. The molecule has 124 valence electrons. The fraction of sp³-hybridized carbons (Fsp3) is 0.278. The van der Waals surface area contributed by atoms with Crippen molar-refractivity contribution in [3.63, 3.8) is 0 Å². The molecule has 1 aromatic carbocycles. The lowest BCUT2D eigenvalue weighted by Gasteiger charge is -2.19. The number of aromatic hydroxyl groups is 1. The fourth-order valence-electron chi connectivity index (χ4n) is 2.22.